The van der Waals surface area contributed by atoms with E-state index >= 15 is 0 Å². The lowest BCUT2D eigenvalue weighted by atomic mass is 10.1. The van der Waals surface area contributed by atoms with Crippen LogP contribution in [0.1, 0.15) is 28.9 Å². The quantitative estimate of drug-likeness (QED) is 0.443. The molecular weight excluding hydrogens is 459 g/mol. The Morgan fingerprint density at radius 2 is 2.06 bits per heavy atom. The van der Waals surface area contributed by atoms with Gasteiger partial charge >= 0.3 is 0 Å². The van der Waals surface area contributed by atoms with E-state index in [0.29, 0.717) is 57.0 Å². The van der Waals surface area contributed by atoms with E-state index in [1.165, 1.54) is 0 Å². The molecule has 0 unspecified atom stereocenters. The van der Waals surface area contributed by atoms with Crippen LogP contribution in [0, 0.1) is 0 Å². The molecule has 0 spiro atoms. The molecule has 4 rings (SSSR count). The van der Waals surface area contributed by atoms with Crippen LogP contribution >= 0.6 is 34.5 Å². The number of benzene rings is 1. The monoisotopic (exact) mass is 478 g/mol. The third kappa shape index (κ3) is 4.39. The summed E-state index contributed by atoms with van der Waals surface area (Å²) in [5.41, 5.74) is 13.1. The Kier molecular flexibility index (Phi) is 6.17. The number of anilines is 2. The molecule has 1 fully saturated rings. The number of nitrogens with two attached hydrogens (primary N) is 2. The van der Waals surface area contributed by atoms with Gasteiger partial charge in [0, 0.05) is 31.6 Å². The number of primary amides is 1. The fraction of sp³-hybridized carbons (Fsp3) is 0.300. The van der Waals surface area contributed by atoms with Crippen molar-refractivity contribution >= 4 is 68.2 Å². The first-order valence-corrected chi connectivity index (χ1v) is 11.3. The van der Waals surface area contributed by atoms with Crippen molar-refractivity contribution in [2.45, 2.75) is 19.3 Å². The third-order valence-corrected chi connectivity index (χ3v) is 6.92. The maximum atomic E-state index is 11.8. The van der Waals surface area contributed by atoms with Crippen molar-refractivity contribution in [2.75, 3.05) is 30.7 Å². The number of nitrogen functional groups attached to an aromatic ring is 1. The minimum Gasteiger partial charge on any atom is -0.397 e. The van der Waals surface area contributed by atoms with E-state index in [-0.39, 0.29) is 16.5 Å². The van der Waals surface area contributed by atoms with Crippen molar-refractivity contribution < 1.29 is 9.59 Å². The van der Waals surface area contributed by atoms with Gasteiger partial charge in [-0.15, -0.1) is 11.3 Å². The lowest BCUT2D eigenvalue weighted by Crippen LogP contribution is -2.27. The predicted molar refractivity (Wildman–Crippen MR) is 125 cm³/mol. The van der Waals surface area contributed by atoms with Crippen LogP contribution in [0.15, 0.2) is 18.2 Å². The van der Waals surface area contributed by atoms with Crippen molar-refractivity contribution in [3.8, 4) is 11.3 Å². The number of hydrogen-bond acceptors (Lipinski definition) is 7. The molecule has 162 valence electrons. The van der Waals surface area contributed by atoms with Gasteiger partial charge in [0.25, 0.3) is 5.91 Å². The number of carbonyl (C=O) groups is 2. The maximum absolute atomic E-state index is 11.8. The van der Waals surface area contributed by atoms with Crippen LogP contribution in [0.2, 0.25) is 10.0 Å². The topological polar surface area (TPSA) is 127 Å². The van der Waals surface area contributed by atoms with Crippen LogP contribution < -0.4 is 16.8 Å². The summed E-state index contributed by atoms with van der Waals surface area (Å²) in [4.78, 5) is 35.3. The number of thiophene rings is 1. The molecule has 1 aliphatic rings. The molecule has 2 amide bonds. The number of hydrogen-bond donors (Lipinski definition) is 3. The first-order chi connectivity index (χ1) is 14.8. The molecule has 3 heterocycles. The number of likely N-dealkylation sites (tertiary alicyclic amines) is 1. The summed E-state index contributed by atoms with van der Waals surface area (Å²) in [5.74, 6) is -0.0309. The lowest BCUT2D eigenvalue weighted by Gasteiger charge is -2.15. The summed E-state index contributed by atoms with van der Waals surface area (Å²) in [6.07, 6.45) is 2.30. The van der Waals surface area contributed by atoms with Gasteiger partial charge in [0.2, 0.25) is 11.9 Å². The van der Waals surface area contributed by atoms with Crippen LogP contribution in [0.5, 0.6) is 0 Å². The van der Waals surface area contributed by atoms with Gasteiger partial charge in [0.05, 0.1) is 26.8 Å². The van der Waals surface area contributed by atoms with Crippen LogP contribution in [-0.4, -0.2) is 46.3 Å². The zero-order chi connectivity index (χ0) is 22.1. The molecule has 0 bridgehead atoms. The van der Waals surface area contributed by atoms with Gasteiger partial charge in [-0.2, -0.15) is 0 Å². The van der Waals surface area contributed by atoms with Gasteiger partial charge in [0.15, 0.2) is 0 Å². The fourth-order valence-electron chi connectivity index (χ4n) is 3.55. The molecule has 11 heteroatoms. The van der Waals surface area contributed by atoms with Crippen LogP contribution in [-0.2, 0) is 4.79 Å². The number of nitrogens with one attached hydrogen (secondary N) is 1. The Labute approximate surface area is 192 Å². The Morgan fingerprint density at radius 1 is 1.26 bits per heavy atom. The summed E-state index contributed by atoms with van der Waals surface area (Å²) >= 11 is 13.4. The number of amides is 2. The van der Waals surface area contributed by atoms with Crippen molar-refractivity contribution in [1.82, 2.24) is 14.9 Å². The molecule has 8 nitrogen and oxygen atoms in total. The molecule has 31 heavy (non-hydrogen) atoms. The number of aromatic nitrogens is 2. The molecule has 0 atom stereocenters. The van der Waals surface area contributed by atoms with Crippen LogP contribution in [0.25, 0.3) is 21.5 Å². The highest BCUT2D eigenvalue weighted by molar-refractivity contribution is 7.21. The van der Waals surface area contributed by atoms with Gasteiger partial charge in [-0.1, -0.05) is 29.3 Å². The fourth-order valence-corrected chi connectivity index (χ4v) is 4.79. The largest absolute Gasteiger partial charge is 0.397 e. The second kappa shape index (κ2) is 8.86. The van der Waals surface area contributed by atoms with Gasteiger partial charge < -0.3 is 21.7 Å². The van der Waals surface area contributed by atoms with Crippen molar-refractivity contribution in [1.29, 1.82) is 0 Å². The predicted octanol–water partition coefficient (Wildman–Crippen LogP) is 3.77. The zero-order valence-electron chi connectivity index (χ0n) is 16.5. The highest BCUT2D eigenvalue weighted by atomic mass is 35.5. The number of carbonyl (C=O) groups excluding carboxylic acids is 2. The minimum absolute atomic E-state index is 0.201. The van der Waals surface area contributed by atoms with Crippen LogP contribution in [0.4, 0.5) is 11.6 Å². The second-order valence-electron chi connectivity index (χ2n) is 7.18. The highest BCUT2D eigenvalue weighted by Gasteiger charge is 2.22. The van der Waals surface area contributed by atoms with Crippen molar-refractivity contribution in [3.63, 3.8) is 0 Å². The van der Waals surface area contributed by atoms with E-state index in [1.807, 2.05) is 4.90 Å². The summed E-state index contributed by atoms with van der Waals surface area (Å²) < 4.78 is 0. The smallest absolute Gasteiger partial charge is 0.260 e. The number of fused-ring (bicyclic) bond motifs is 1. The summed E-state index contributed by atoms with van der Waals surface area (Å²) in [7, 11) is 0. The van der Waals surface area contributed by atoms with E-state index in [4.69, 9.17) is 34.7 Å². The van der Waals surface area contributed by atoms with E-state index in [1.54, 1.807) is 18.2 Å². The van der Waals surface area contributed by atoms with E-state index in [2.05, 4.69) is 15.3 Å². The normalized spacial score (nSPS) is 13.9. The molecule has 5 N–H and O–H groups in total. The second-order valence-corrected chi connectivity index (χ2v) is 8.99. The molecule has 0 radical (unpaired) electrons. The Balaban J connectivity index is 1.65. The van der Waals surface area contributed by atoms with Crippen LogP contribution in [0.3, 0.4) is 0 Å². The third-order valence-electron chi connectivity index (χ3n) is 5.06. The highest BCUT2D eigenvalue weighted by Crippen LogP contribution is 2.40. The van der Waals surface area contributed by atoms with Gasteiger partial charge in [-0.05, 0) is 25.0 Å². The molecule has 1 saturated heterocycles. The Morgan fingerprint density at radius 3 is 2.74 bits per heavy atom. The van der Waals surface area contributed by atoms with E-state index in [9.17, 15) is 9.59 Å². The van der Waals surface area contributed by atoms with Gasteiger partial charge in [-0.3, -0.25) is 9.59 Å². The first kappa shape index (κ1) is 21.6. The number of rotatable bonds is 7. The molecule has 2 aromatic heterocycles. The molecule has 1 aromatic carbocycles. The van der Waals surface area contributed by atoms with Crippen molar-refractivity contribution in [3.05, 3.63) is 33.1 Å². The molecule has 1 aliphatic heterocycles. The molecule has 0 aliphatic carbocycles. The Hall–Kier alpha value is -2.62. The summed E-state index contributed by atoms with van der Waals surface area (Å²) in [6, 6.07) is 5.14. The van der Waals surface area contributed by atoms with Gasteiger partial charge in [-0.25, -0.2) is 9.97 Å². The van der Waals surface area contributed by atoms with E-state index < -0.39 is 5.91 Å². The number of nitrogens with zero attached hydrogens (tertiary/aromatic N) is 3. The first-order valence-electron chi connectivity index (χ1n) is 9.72. The molecular formula is C20H20Cl2N6O2S. The average Bonchev–Trinajstić information content (AvgIpc) is 3.30. The Bertz CT molecular complexity index is 1180. The molecule has 3 aromatic rings. The average molecular weight is 479 g/mol. The van der Waals surface area contributed by atoms with Crippen molar-refractivity contribution in [2.24, 2.45) is 5.73 Å². The lowest BCUT2D eigenvalue weighted by molar-refractivity contribution is -0.127. The molecule has 0 saturated carbocycles. The van der Waals surface area contributed by atoms with E-state index in [0.717, 1.165) is 30.7 Å². The summed E-state index contributed by atoms with van der Waals surface area (Å²) in [6.45, 7) is 2.08. The zero-order valence-corrected chi connectivity index (χ0v) is 18.8. The minimum atomic E-state index is -0.620. The number of halogens is 2. The maximum Gasteiger partial charge on any atom is 0.260 e. The SMILES string of the molecule is NC(=O)c1sc2nc(NCCCN3CCCC3=O)nc(-c3ccc(Cl)c(Cl)c3)c2c1N. The van der Waals surface area contributed by atoms with Gasteiger partial charge in [0.1, 0.15) is 9.71 Å². The standard InChI is InChI=1S/C20H20Cl2N6O2S/c21-11-5-4-10(9-12(11)22)16-14-15(23)17(18(24)30)31-19(14)27-20(26-16)25-6-2-8-28-7-1-3-13(28)29/h4-5,9H,1-3,6-8,23H2,(H2,24,30)(H,25,26,27). The summed E-state index contributed by atoms with van der Waals surface area (Å²) in [5, 5.41) is 4.54.